The molecule has 2 aliphatic rings. The molecule has 2 aliphatic heterocycles. The molecule has 1 aromatic heterocycles. The van der Waals surface area contributed by atoms with Crippen LogP contribution in [0.5, 0.6) is 11.5 Å². The maximum absolute atomic E-state index is 12.4. The van der Waals surface area contributed by atoms with Gasteiger partial charge in [0.2, 0.25) is 0 Å². The van der Waals surface area contributed by atoms with E-state index in [1.807, 2.05) is 0 Å². The molecule has 0 spiro atoms. The van der Waals surface area contributed by atoms with Crippen molar-refractivity contribution in [2.24, 2.45) is 0 Å². The normalized spacial score (nSPS) is 19.3. The molecule has 31 heavy (non-hydrogen) atoms. The molecule has 1 fully saturated rings. The van der Waals surface area contributed by atoms with E-state index in [4.69, 9.17) is 9.47 Å². The number of carbonyl (C=O) groups is 1. The Bertz CT molecular complexity index is 905. The van der Waals surface area contributed by atoms with E-state index < -0.39 is 12.8 Å². The summed E-state index contributed by atoms with van der Waals surface area (Å²) >= 11 is 0. The van der Waals surface area contributed by atoms with Crippen LogP contribution in [0.3, 0.4) is 0 Å². The van der Waals surface area contributed by atoms with Gasteiger partial charge in [-0.15, -0.1) is 5.10 Å². The Balaban J connectivity index is 1.36. The Labute approximate surface area is 176 Å². The molecule has 2 aromatic rings. The topological polar surface area (TPSA) is 79.8 Å². The molecule has 0 saturated carbocycles. The van der Waals surface area contributed by atoms with Crippen molar-refractivity contribution < 1.29 is 27.4 Å². The number of carbonyl (C=O) groups excluding carboxylic acids is 1. The molecule has 8 nitrogen and oxygen atoms in total. The number of anilines is 1. The van der Waals surface area contributed by atoms with Crippen molar-refractivity contribution in [3.05, 3.63) is 42.1 Å². The minimum Gasteiger partial charge on any atom is -0.493 e. The van der Waals surface area contributed by atoms with Crippen LogP contribution in [-0.2, 0) is 0 Å². The molecule has 4 rings (SSSR count). The maximum atomic E-state index is 12.4. The fourth-order valence-corrected chi connectivity index (χ4v) is 3.78. The molecule has 1 saturated heterocycles. The van der Waals surface area contributed by atoms with Crippen LogP contribution in [0.25, 0.3) is 0 Å². The molecule has 0 radical (unpaired) electrons. The van der Waals surface area contributed by atoms with Crippen LogP contribution in [-0.4, -0.2) is 71.6 Å². The van der Waals surface area contributed by atoms with E-state index in [2.05, 4.69) is 20.4 Å². The number of ether oxygens (including phenoxy) is 2. The molecule has 1 aromatic carbocycles. The monoisotopic (exact) mass is 437 g/mol. The predicted molar refractivity (Wildman–Crippen MR) is 105 cm³/mol. The summed E-state index contributed by atoms with van der Waals surface area (Å²) in [5.41, 5.74) is 0.920. The third kappa shape index (κ3) is 5.35. The van der Waals surface area contributed by atoms with Crippen molar-refractivity contribution in [3.63, 3.8) is 0 Å². The number of amides is 2. The van der Waals surface area contributed by atoms with Crippen molar-refractivity contribution in [1.82, 2.24) is 20.0 Å². The molecule has 1 atom stereocenters. The van der Waals surface area contributed by atoms with Gasteiger partial charge < -0.3 is 14.4 Å². The van der Waals surface area contributed by atoms with Crippen molar-refractivity contribution >= 4 is 11.8 Å². The molecular weight excluding hydrogens is 415 g/mol. The highest BCUT2D eigenvalue weighted by Gasteiger charge is 2.32. The van der Waals surface area contributed by atoms with Crippen molar-refractivity contribution in [3.8, 4) is 11.5 Å². The molecule has 1 unspecified atom stereocenters. The number of benzene rings is 1. The van der Waals surface area contributed by atoms with Gasteiger partial charge in [-0.2, -0.15) is 18.3 Å². The summed E-state index contributed by atoms with van der Waals surface area (Å²) in [4.78, 5) is 16.4. The fourth-order valence-electron chi connectivity index (χ4n) is 3.78. The number of nitrogens with zero attached hydrogens (tertiary/aromatic N) is 4. The van der Waals surface area contributed by atoms with Crippen LogP contribution in [0.4, 0.5) is 23.8 Å². The largest absolute Gasteiger partial charge is 0.493 e. The third-order valence-electron chi connectivity index (χ3n) is 5.24. The van der Waals surface area contributed by atoms with Gasteiger partial charge in [-0.1, -0.05) is 6.07 Å². The highest BCUT2D eigenvalue weighted by molar-refractivity contribution is 5.88. The average Bonchev–Trinajstić information content (AvgIpc) is 2.77. The molecular formula is C20H22F3N5O3. The first-order valence-electron chi connectivity index (χ1n) is 9.93. The Morgan fingerprint density at radius 3 is 2.74 bits per heavy atom. The second-order valence-electron chi connectivity index (χ2n) is 7.32. The molecule has 11 heteroatoms. The smallest absolute Gasteiger partial charge is 0.422 e. The van der Waals surface area contributed by atoms with E-state index in [9.17, 15) is 18.0 Å². The van der Waals surface area contributed by atoms with Crippen LogP contribution in [0.1, 0.15) is 18.0 Å². The zero-order chi connectivity index (χ0) is 21.8. The average molecular weight is 437 g/mol. The highest BCUT2D eigenvalue weighted by Crippen LogP contribution is 2.38. The fraction of sp³-hybridized carbons (Fsp3) is 0.450. The van der Waals surface area contributed by atoms with Crippen molar-refractivity contribution in [2.75, 3.05) is 44.7 Å². The lowest BCUT2D eigenvalue weighted by atomic mass is 9.98. The number of piperazine rings is 1. The van der Waals surface area contributed by atoms with Crippen LogP contribution in [0, 0.1) is 0 Å². The lowest BCUT2D eigenvalue weighted by molar-refractivity contribution is -0.153. The first kappa shape index (κ1) is 21.2. The van der Waals surface area contributed by atoms with E-state index in [-0.39, 0.29) is 17.8 Å². The minimum atomic E-state index is -4.39. The molecule has 166 valence electrons. The van der Waals surface area contributed by atoms with Gasteiger partial charge >= 0.3 is 12.2 Å². The summed E-state index contributed by atoms with van der Waals surface area (Å²) in [6.45, 7) is 1.56. The van der Waals surface area contributed by atoms with Crippen LogP contribution in [0.2, 0.25) is 0 Å². The Morgan fingerprint density at radius 2 is 2.03 bits per heavy atom. The quantitative estimate of drug-likeness (QED) is 0.792. The van der Waals surface area contributed by atoms with Gasteiger partial charge in [0.1, 0.15) is 11.5 Å². The van der Waals surface area contributed by atoms with Gasteiger partial charge in [-0.3, -0.25) is 10.2 Å². The van der Waals surface area contributed by atoms with E-state index >= 15 is 0 Å². The molecule has 3 heterocycles. The summed E-state index contributed by atoms with van der Waals surface area (Å²) in [6, 6.07) is 8.03. The van der Waals surface area contributed by atoms with E-state index in [0.29, 0.717) is 44.4 Å². The molecule has 0 aliphatic carbocycles. The minimum absolute atomic E-state index is 0.0746. The zero-order valence-electron chi connectivity index (χ0n) is 16.6. The van der Waals surface area contributed by atoms with Crippen LogP contribution < -0.4 is 14.8 Å². The van der Waals surface area contributed by atoms with Gasteiger partial charge in [0.15, 0.2) is 12.4 Å². The van der Waals surface area contributed by atoms with Gasteiger partial charge in [0.25, 0.3) is 0 Å². The first-order chi connectivity index (χ1) is 14.9. The standard InChI is InChI=1S/C20H22F3N5O3/c21-20(22,23)13-31-14-3-4-15-16(5-11-30-17(15)12-14)27-7-9-28(10-8-27)19(29)25-18-2-1-6-24-26-18/h1-4,6,12,16H,5,7-11,13H2,(H,25,26,29). The van der Waals surface area contributed by atoms with Gasteiger partial charge in [-0.25, -0.2) is 4.79 Å². The Kier molecular flexibility index (Phi) is 6.12. The van der Waals surface area contributed by atoms with Crippen LogP contribution >= 0.6 is 0 Å². The lowest BCUT2D eigenvalue weighted by Crippen LogP contribution is -2.51. The summed E-state index contributed by atoms with van der Waals surface area (Å²) in [6.07, 6.45) is -2.09. The molecule has 1 N–H and O–H groups in total. The second kappa shape index (κ2) is 8.96. The molecule has 0 bridgehead atoms. The highest BCUT2D eigenvalue weighted by atomic mass is 19.4. The van der Waals surface area contributed by atoms with E-state index in [1.165, 1.54) is 18.3 Å². The van der Waals surface area contributed by atoms with E-state index in [0.717, 1.165) is 12.0 Å². The molecule has 2 amide bonds. The van der Waals surface area contributed by atoms with Gasteiger partial charge in [-0.05, 0) is 18.2 Å². The van der Waals surface area contributed by atoms with Crippen molar-refractivity contribution in [2.45, 2.75) is 18.6 Å². The predicted octanol–water partition coefficient (Wildman–Crippen LogP) is 3.09. The zero-order valence-corrected chi connectivity index (χ0v) is 16.6. The summed E-state index contributed by atoms with van der Waals surface area (Å²) < 4.78 is 47.7. The van der Waals surface area contributed by atoms with Crippen LogP contribution in [0.15, 0.2) is 36.5 Å². The number of urea groups is 1. The first-order valence-corrected chi connectivity index (χ1v) is 9.93. The van der Waals surface area contributed by atoms with E-state index in [1.54, 1.807) is 23.1 Å². The lowest BCUT2D eigenvalue weighted by Gasteiger charge is -2.41. The number of fused-ring (bicyclic) bond motifs is 1. The number of rotatable bonds is 4. The number of alkyl halides is 3. The summed E-state index contributed by atoms with van der Waals surface area (Å²) in [5, 5.41) is 10.3. The summed E-state index contributed by atoms with van der Waals surface area (Å²) in [7, 11) is 0. The summed E-state index contributed by atoms with van der Waals surface area (Å²) in [5.74, 6) is 1.07. The Hall–Kier alpha value is -3.08. The van der Waals surface area contributed by atoms with Gasteiger partial charge in [0.05, 0.1) is 6.61 Å². The number of halogens is 3. The number of hydrogen-bond acceptors (Lipinski definition) is 6. The second-order valence-corrected chi connectivity index (χ2v) is 7.32. The SMILES string of the molecule is O=C(Nc1cccnn1)N1CCN(C2CCOc3cc(OCC(F)(F)F)ccc32)CC1. The number of hydrogen-bond donors (Lipinski definition) is 1. The Morgan fingerprint density at radius 1 is 1.23 bits per heavy atom. The maximum Gasteiger partial charge on any atom is 0.422 e. The number of aromatic nitrogens is 2. The van der Waals surface area contributed by atoms with Crippen molar-refractivity contribution in [1.29, 1.82) is 0 Å². The number of nitrogens with one attached hydrogen (secondary N) is 1. The third-order valence-corrected chi connectivity index (χ3v) is 5.24. The van der Waals surface area contributed by atoms with Gasteiger partial charge in [0, 0.05) is 56.5 Å².